The molecule has 0 aliphatic carbocycles. The molecular weight excluding hydrogens is 360 g/mol. The summed E-state index contributed by atoms with van der Waals surface area (Å²) in [5.74, 6) is -0.0549. The van der Waals surface area contributed by atoms with Crippen molar-refractivity contribution in [2.75, 3.05) is 23.7 Å². The number of rotatable bonds is 10. The predicted octanol–water partition coefficient (Wildman–Crippen LogP) is 3.15. The van der Waals surface area contributed by atoms with Crippen molar-refractivity contribution in [3.63, 3.8) is 0 Å². The normalized spacial score (nSPS) is 11.2. The maximum Gasteiger partial charge on any atom is 0.232 e. The second-order valence-corrected chi connectivity index (χ2v) is 8.45. The summed E-state index contributed by atoms with van der Waals surface area (Å²) in [6.45, 7) is 2.92. The molecule has 27 heavy (non-hydrogen) atoms. The number of nitrogens with zero attached hydrogens (tertiary/aromatic N) is 1. The van der Waals surface area contributed by atoms with Crippen molar-refractivity contribution in [2.45, 2.75) is 32.6 Å². The summed E-state index contributed by atoms with van der Waals surface area (Å²) in [5.41, 5.74) is 2.97. The lowest BCUT2D eigenvalue weighted by Crippen LogP contribution is -2.32. The summed E-state index contributed by atoms with van der Waals surface area (Å²) in [7, 11) is -3.39. The van der Waals surface area contributed by atoms with E-state index in [1.807, 2.05) is 54.6 Å². The van der Waals surface area contributed by atoms with Crippen LogP contribution in [0.2, 0.25) is 0 Å². The molecule has 5 nitrogen and oxygen atoms in total. The molecule has 0 saturated heterocycles. The Labute approximate surface area is 162 Å². The lowest BCUT2D eigenvalue weighted by atomic mass is 10.1. The third kappa shape index (κ3) is 7.06. The van der Waals surface area contributed by atoms with Crippen molar-refractivity contribution >= 4 is 21.6 Å². The first-order valence-electron chi connectivity index (χ1n) is 9.27. The smallest absolute Gasteiger partial charge is 0.232 e. The number of sulfonamides is 1. The van der Waals surface area contributed by atoms with Gasteiger partial charge in [-0.15, -0.1) is 0 Å². The molecule has 1 amide bonds. The lowest BCUT2D eigenvalue weighted by molar-refractivity contribution is -0.121. The van der Waals surface area contributed by atoms with Crippen LogP contribution in [-0.4, -0.2) is 33.7 Å². The van der Waals surface area contributed by atoms with Crippen LogP contribution in [0.5, 0.6) is 0 Å². The zero-order valence-corrected chi connectivity index (χ0v) is 16.8. The Hall–Kier alpha value is -2.34. The molecule has 1 N–H and O–H groups in total. The minimum Gasteiger partial charge on any atom is -0.356 e. The van der Waals surface area contributed by atoms with E-state index in [0.29, 0.717) is 25.1 Å². The van der Waals surface area contributed by atoms with Gasteiger partial charge >= 0.3 is 0 Å². The highest BCUT2D eigenvalue weighted by Crippen LogP contribution is 2.19. The molecule has 0 aromatic heterocycles. The second kappa shape index (κ2) is 10.1. The van der Waals surface area contributed by atoms with Gasteiger partial charge in [-0.2, -0.15) is 0 Å². The summed E-state index contributed by atoms with van der Waals surface area (Å²) in [6.07, 6.45) is 3.66. The third-order valence-corrected chi connectivity index (χ3v) is 5.57. The summed E-state index contributed by atoms with van der Waals surface area (Å²) in [4.78, 5) is 12.0. The molecule has 0 aliphatic rings. The van der Waals surface area contributed by atoms with Crippen molar-refractivity contribution in [3.8, 4) is 0 Å². The minimum absolute atomic E-state index is 0.0549. The molecule has 2 aromatic carbocycles. The summed E-state index contributed by atoms with van der Waals surface area (Å²) < 4.78 is 25.6. The first-order valence-corrected chi connectivity index (χ1v) is 11.1. The predicted molar refractivity (Wildman–Crippen MR) is 110 cm³/mol. The number of benzene rings is 2. The van der Waals surface area contributed by atoms with E-state index in [9.17, 15) is 13.2 Å². The standard InChI is InChI=1S/C21H28N2O3S/c1-3-18-11-13-20(14-12-18)23(27(2,25)26)17-7-10-21(24)22-16-15-19-8-5-4-6-9-19/h4-6,8-9,11-14H,3,7,10,15-17H2,1-2H3,(H,22,24). The summed E-state index contributed by atoms with van der Waals surface area (Å²) >= 11 is 0. The lowest BCUT2D eigenvalue weighted by Gasteiger charge is -2.22. The third-order valence-electron chi connectivity index (χ3n) is 4.38. The molecule has 0 saturated carbocycles. The molecule has 0 bridgehead atoms. The maximum absolute atomic E-state index is 12.1. The molecule has 2 aromatic rings. The van der Waals surface area contributed by atoms with Gasteiger partial charge in [-0.25, -0.2) is 8.42 Å². The van der Waals surface area contributed by atoms with Crippen LogP contribution in [0.1, 0.15) is 30.9 Å². The molecule has 0 heterocycles. The number of carbonyl (C=O) groups is 1. The Balaban J connectivity index is 1.81. The Bertz CT molecular complexity index is 818. The number of nitrogens with one attached hydrogen (secondary N) is 1. The van der Waals surface area contributed by atoms with Crippen molar-refractivity contribution in [1.29, 1.82) is 0 Å². The second-order valence-electron chi connectivity index (χ2n) is 6.54. The van der Waals surface area contributed by atoms with Crippen LogP contribution in [0.3, 0.4) is 0 Å². The first kappa shape index (κ1) is 21.0. The Morgan fingerprint density at radius 2 is 1.67 bits per heavy atom. The van der Waals surface area contributed by atoms with E-state index in [-0.39, 0.29) is 12.5 Å². The molecule has 6 heteroatoms. The Morgan fingerprint density at radius 1 is 1.00 bits per heavy atom. The molecule has 0 atom stereocenters. The highest BCUT2D eigenvalue weighted by molar-refractivity contribution is 7.92. The van der Waals surface area contributed by atoms with Crippen molar-refractivity contribution < 1.29 is 13.2 Å². The van der Waals surface area contributed by atoms with E-state index in [1.165, 1.54) is 16.1 Å². The van der Waals surface area contributed by atoms with Crippen molar-refractivity contribution in [3.05, 3.63) is 65.7 Å². The van der Waals surface area contributed by atoms with E-state index in [0.717, 1.165) is 18.4 Å². The summed E-state index contributed by atoms with van der Waals surface area (Å²) in [6, 6.07) is 17.5. The van der Waals surface area contributed by atoms with Crippen LogP contribution >= 0.6 is 0 Å². The van der Waals surface area contributed by atoms with Crippen LogP contribution in [0.15, 0.2) is 54.6 Å². The van der Waals surface area contributed by atoms with Crippen LogP contribution in [0.25, 0.3) is 0 Å². The molecule has 0 aliphatic heterocycles. The van der Waals surface area contributed by atoms with E-state index in [4.69, 9.17) is 0 Å². The highest BCUT2D eigenvalue weighted by Gasteiger charge is 2.17. The van der Waals surface area contributed by atoms with Gasteiger partial charge in [0.1, 0.15) is 0 Å². The van der Waals surface area contributed by atoms with Gasteiger partial charge in [0.15, 0.2) is 0 Å². The Kier molecular flexibility index (Phi) is 7.85. The van der Waals surface area contributed by atoms with Gasteiger partial charge in [-0.3, -0.25) is 9.10 Å². The number of aryl methyl sites for hydroxylation is 1. The Morgan fingerprint density at radius 3 is 2.26 bits per heavy atom. The number of hydrogen-bond acceptors (Lipinski definition) is 3. The fourth-order valence-electron chi connectivity index (χ4n) is 2.85. The van der Waals surface area contributed by atoms with Gasteiger partial charge < -0.3 is 5.32 Å². The van der Waals surface area contributed by atoms with Gasteiger partial charge in [-0.05, 0) is 42.5 Å². The molecule has 146 valence electrons. The van der Waals surface area contributed by atoms with Gasteiger partial charge in [-0.1, -0.05) is 49.4 Å². The number of carbonyl (C=O) groups excluding carboxylic acids is 1. The molecule has 2 rings (SSSR count). The average molecular weight is 389 g/mol. The van der Waals surface area contributed by atoms with Gasteiger partial charge in [0.05, 0.1) is 11.9 Å². The van der Waals surface area contributed by atoms with Gasteiger partial charge in [0, 0.05) is 19.5 Å². The van der Waals surface area contributed by atoms with E-state index >= 15 is 0 Å². The first-order chi connectivity index (χ1) is 12.9. The molecule has 0 spiro atoms. The molecule has 0 radical (unpaired) electrons. The number of hydrogen-bond donors (Lipinski definition) is 1. The van der Waals surface area contributed by atoms with Crippen LogP contribution in [0, 0.1) is 0 Å². The SMILES string of the molecule is CCc1ccc(N(CCCC(=O)NCCc2ccccc2)S(C)(=O)=O)cc1. The highest BCUT2D eigenvalue weighted by atomic mass is 32.2. The van der Waals surface area contributed by atoms with Crippen molar-refractivity contribution in [2.24, 2.45) is 0 Å². The largest absolute Gasteiger partial charge is 0.356 e. The van der Waals surface area contributed by atoms with E-state index < -0.39 is 10.0 Å². The van der Waals surface area contributed by atoms with E-state index in [1.54, 1.807) is 0 Å². The molecule has 0 fully saturated rings. The zero-order chi connectivity index (χ0) is 19.7. The van der Waals surface area contributed by atoms with Gasteiger partial charge in [0.2, 0.25) is 15.9 Å². The zero-order valence-electron chi connectivity index (χ0n) is 16.0. The maximum atomic E-state index is 12.1. The summed E-state index contributed by atoms with van der Waals surface area (Å²) in [5, 5.41) is 2.89. The fourth-order valence-corrected chi connectivity index (χ4v) is 3.81. The van der Waals surface area contributed by atoms with Gasteiger partial charge in [0.25, 0.3) is 0 Å². The van der Waals surface area contributed by atoms with E-state index in [2.05, 4.69) is 12.2 Å². The monoisotopic (exact) mass is 388 g/mol. The van der Waals surface area contributed by atoms with Crippen LogP contribution in [0.4, 0.5) is 5.69 Å². The quantitative estimate of drug-likeness (QED) is 0.680. The number of amides is 1. The van der Waals surface area contributed by atoms with Crippen molar-refractivity contribution in [1.82, 2.24) is 5.32 Å². The fraction of sp³-hybridized carbons (Fsp3) is 0.381. The molecular formula is C21H28N2O3S. The minimum atomic E-state index is -3.39. The van der Waals surface area contributed by atoms with Crippen LogP contribution in [-0.2, 0) is 27.7 Å². The molecule has 0 unspecified atom stereocenters. The van der Waals surface area contributed by atoms with Crippen LogP contribution < -0.4 is 9.62 Å². The average Bonchev–Trinajstić information content (AvgIpc) is 2.65. The topological polar surface area (TPSA) is 66.5 Å². The number of anilines is 1.